The zero-order chi connectivity index (χ0) is 16.5. The van der Waals surface area contributed by atoms with Crippen molar-refractivity contribution >= 4 is 16.8 Å². The molecule has 1 saturated heterocycles. The van der Waals surface area contributed by atoms with Gasteiger partial charge in [0.05, 0.1) is 30.3 Å². The average molecular weight is 318 g/mol. The van der Waals surface area contributed by atoms with Crippen molar-refractivity contribution in [1.82, 2.24) is 14.9 Å². The molecule has 0 saturated carbocycles. The van der Waals surface area contributed by atoms with E-state index in [4.69, 9.17) is 10.00 Å². The van der Waals surface area contributed by atoms with E-state index in [9.17, 15) is 4.79 Å². The molecule has 3 aromatic rings. The summed E-state index contributed by atoms with van der Waals surface area (Å²) >= 11 is 0. The lowest BCUT2D eigenvalue weighted by Gasteiger charge is -2.38. The third-order valence-electron chi connectivity index (χ3n) is 4.11. The number of aromatic nitrogens is 2. The van der Waals surface area contributed by atoms with Gasteiger partial charge >= 0.3 is 0 Å². The standard InChI is InChI=1S/C18H14N4O2/c19-8-12-5-6-20-17(7-12)24-13-10-22(11-13)18(23)15-9-21-16-4-2-1-3-14(15)16/h1-7,9,13,21H,10-11H2. The second-order valence-corrected chi connectivity index (χ2v) is 5.69. The number of hydrogen-bond acceptors (Lipinski definition) is 4. The number of benzene rings is 1. The molecule has 0 bridgehead atoms. The van der Waals surface area contributed by atoms with Crippen LogP contribution in [-0.4, -0.2) is 40.0 Å². The Labute approximate surface area is 138 Å². The van der Waals surface area contributed by atoms with E-state index in [1.165, 1.54) is 0 Å². The van der Waals surface area contributed by atoms with Crippen molar-refractivity contribution in [3.63, 3.8) is 0 Å². The molecule has 1 aliphatic rings. The summed E-state index contributed by atoms with van der Waals surface area (Å²) in [5, 5.41) is 9.81. The van der Waals surface area contributed by atoms with Crippen LogP contribution in [0.1, 0.15) is 15.9 Å². The van der Waals surface area contributed by atoms with Gasteiger partial charge in [0.25, 0.3) is 5.91 Å². The third kappa shape index (κ3) is 2.46. The normalized spacial score (nSPS) is 14.2. The Morgan fingerprint density at radius 2 is 2.17 bits per heavy atom. The zero-order valence-corrected chi connectivity index (χ0v) is 12.8. The molecule has 24 heavy (non-hydrogen) atoms. The highest BCUT2D eigenvalue weighted by molar-refractivity contribution is 6.06. The first kappa shape index (κ1) is 14.3. The quantitative estimate of drug-likeness (QED) is 0.803. The lowest BCUT2D eigenvalue weighted by atomic mass is 10.1. The van der Waals surface area contributed by atoms with Crippen LogP contribution < -0.4 is 4.74 Å². The second-order valence-electron chi connectivity index (χ2n) is 5.69. The highest BCUT2D eigenvalue weighted by Gasteiger charge is 2.34. The Hall–Kier alpha value is -3.33. The smallest absolute Gasteiger partial charge is 0.256 e. The summed E-state index contributed by atoms with van der Waals surface area (Å²) in [5.74, 6) is 0.407. The number of ether oxygens (including phenoxy) is 1. The van der Waals surface area contributed by atoms with E-state index in [0.29, 0.717) is 30.1 Å². The van der Waals surface area contributed by atoms with Crippen LogP contribution in [-0.2, 0) is 0 Å². The number of likely N-dealkylation sites (tertiary alicyclic amines) is 1. The molecule has 1 fully saturated rings. The fourth-order valence-corrected chi connectivity index (χ4v) is 2.81. The molecule has 0 radical (unpaired) electrons. The summed E-state index contributed by atoms with van der Waals surface area (Å²) in [6, 6.07) is 13.0. The van der Waals surface area contributed by atoms with Crippen molar-refractivity contribution in [2.75, 3.05) is 13.1 Å². The monoisotopic (exact) mass is 318 g/mol. The maximum atomic E-state index is 12.6. The van der Waals surface area contributed by atoms with Gasteiger partial charge in [0, 0.05) is 29.4 Å². The van der Waals surface area contributed by atoms with Crippen LogP contribution in [0.15, 0.2) is 48.8 Å². The number of H-pyrrole nitrogens is 1. The van der Waals surface area contributed by atoms with Gasteiger partial charge in [0.1, 0.15) is 6.10 Å². The van der Waals surface area contributed by atoms with E-state index in [0.717, 1.165) is 10.9 Å². The summed E-state index contributed by atoms with van der Waals surface area (Å²) in [6.07, 6.45) is 3.20. The molecular formula is C18H14N4O2. The average Bonchev–Trinajstić information content (AvgIpc) is 3.01. The molecule has 2 aromatic heterocycles. The van der Waals surface area contributed by atoms with Crippen LogP contribution in [0.3, 0.4) is 0 Å². The zero-order valence-electron chi connectivity index (χ0n) is 12.8. The number of aromatic amines is 1. The molecule has 118 valence electrons. The molecule has 0 spiro atoms. The minimum absolute atomic E-state index is 0.00830. The molecule has 0 unspecified atom stereocenters. The largest absolute Gasteiger partial charge is 0.471 e. The molecule has 0 aliphatic carbocycles. The molecular weight excluding hydrogens is 304 g/mol. The van der Waals surface area contributed by atoms with Gasteiger partial charge in [-0.3, -0.25) is 4.79 Å². The number of carbonyl (C=O) groups excluding carboxylic acids is 1. The van der Waals surface area contributed by atoms with Crippen LogP contribution in [0, 0.1) is 11.3 Å². The van der Waals surface area contributed by atoms with E-state index in [1.54, 1.807) is 29.4 Å². The van der Waals surface area contributed by atoms with Gasteiger partial charge in [-0.1, -0.05) is 18.2 Å². The minimum atomic E-state index is -0.0967. The number of nitrogens with one attached hydrogen (secondary N) is 1. The fraction of sp³-hybridized carbons (Fsp3) is 0.167. The van der Waals surface area contributed by atoms with Gasteiger partial charge in [-0.2, -0.15) is 5.26 Å². The van der Waals surface area contributed by atoms with Gasteiger partial charge in [-0.05, 0) is 12.1 Å². The number of rotatable bonds is 3. The van der Waals surface area contributed by atoms with E-state index in [2.05, 4.69) is 16.0 Å². The van der Waals surface area contributed by atoms with E-state index < -0.39 is 0 Å². The Balaban J connectivity index is 1.42. The maximum absolute atomic E-state index is 12.6. The number of nitriles is 1. The molecule has 1 N–H and O–H groups in total. The highest BCUT2D eigenvalue weighted by Crippen LogP contribution is 2.23. The number of amides is 1. The predicted molar refractivity (Wildman–Crippen MR) is 87.6 cm³/mol. The third-order valence-corrected chi connectivity index (χ3v) is 4.11. The van der Waals surface area contributed by atoms with Crippen LogP contribution in [0.5, 0.6) is 5.88 Å². The summed E-state index contributed by atoms with van der Waals surface area (Å²) in [4.78, 5) is 21.5. The molecule has 3 heterocycles. The molecule has 0 atom stereocenters. The number of nitrogens with zero attached hydrogens (tertiary/aromatic N) is 3. The molecule has 6 heteroatoms. The SMILES string of the molecule is N#Cc1ccnc(OC2CN(C(=O)c3c[nH]c4ccccc34)C2)c1. The predicted octanol–water partition coefficient (Wildman–Crippen LogP) is 2.34. The van der Waals surface area contributed by atoms with Crippen molar-refractivity contribution in [3.8, 4) is 11.9 Å². The minimum Gasteiger partial charge on any atom is -0.471 e. The highest BCUT2D eigenvalue weighted by atomic mass is 16.5. The van der Waals surface area contributed by atoms with Crippen molar-refractivity contribution in [2.45, 2.75) is 6.10 Å². The molecule has 1 amide bonds. The number of hydrogen-bond donors (Lipinski definition) is 1. The van der Waals surface area contributed by atoms with E-state index in [1.807, 2.05) is 24.3 Å². The van der Waals surface area contributed by atoms with Crippen LogP contribution in [0.4, 0.5) is 0 Å². The summed E-state index contributed by atoms with van der Waals surface area (Å²) in [7, 11) is 0. The van der Waals surface area contributed by atoms with Crippen LogP contribution in [0.25, 0.3) is 10.9 Å². The first-order valence-corrected chi connectivity index (χ1v) is 7.63. The molecule has 6 nitrogen and oxygen atoms in total. The summed E-state index contributed by atoms with van der Waals surface area (Å²) in [6.45, 7) is 1.02. The molecule has 1 aliphatic heterocycles. The lowest BCUT2D eigenvalue weighted by molar-refractivity contribution is 0.0161. The van der Waals surface area contributed by atoms with Crippen molar-refractivity contribution < 1.29 is 9.53 Å². The first-order chi connectivity index (χ1) is 11.7. The lowest BCUT2D eigenvalue weighted by Crippen LogP contribution is -2.56. The Bertz CT molecular complexity index is 951. The maximum Gasteiger partial charge on any atom is 0.256 e. The van der Waals surface area contributed by atoms with Gasteiger partial charge in [-0.15, -0.1) is 0 Å². The van der Waals surface area contributed by atoms with Crippen LogP contribution in [0.2, 0.25) is 0 Å². The fourth-order valence-electron chi connectivity index (χ4n) is 2.81. The summed E-state index contributed by atoms with van der Waals surface area (Å²) in [5.41, 5.74) is 2.13. The van der Waals surface area contributed by atoms with E-state index >= 15 is 0 Å². The van der Waals surface area contributed by atoms with Crippen LogP contribution >= 0.6 is 0 Å². The number of fused-ring (bicyclic) bond motifs is 1. The molecule has 4 rings (SSSR count). The van der Waals surface area contributed by atoms with Gasteiger partial charge in [0.2, 0.25) is 5.88 Å². The second kappa shape index (κ2) is 5.70. The number of carbonyl (C=O) groups is 1. The van der Waals surface area contributed by atoms with Gasteiger partial charge in [0.15, 0.2) is 0 Å². The number of pyridine rings is 1. The molecule has 1 aromatic carbocycles. The Morgan fingerprint density at radius 1 is 1.33 bits per heavy atom. The number of para-hydroxylation sites is 1. The van der Waals surface area contributed by atoms with Crippen molar-refractivity contribution in [2.24, 2.45) is 0 Å². The van der Waals surface area contributed by atoms with Gasteiger partial charge < -0.3 is 14.6 Å². The van der Waals surface area contributed by atoms with Crippen molar-refractivity contribution in [1.29, 1.82) is 5.26 Å². The van der Waals surface area contributed by atoms with E-state index in [-0.39, 0.29) is 12.0 Å². The van der Waals surface area contributed by atoms with Gasteiger partial charge in [-0.25, -0.2) is 4.98 Å². The summed E-state index contributed by atoms with van der Waals surface area (Å²) < 4.78 is 5.71. The topological polar surface area (TPSA) is 82.0 Å². The Kier molecular flexibility index (Phi) is 3.39. The van der Waals surface area contributed by atoms with Crippen molar-refractivity contribution in [3.05, 3.63) is 59.9 Å². The Morgan fingerprint density at radius 3 is 3.00 bits per heavy atom. The first-order valence-electron chi connectivity index (χ1n) is 7.63.